The average molecular weight is 230 g/mol. The van der Waals surface area contributed by atoms with Crippen molar-refractivity contribution in [3.63, 3.8) is 0 Å². The van der Waals surface area contributed by atoms with Crippen LogP contribution in [-0.2, 0) is 0 Å². The molecule has 1 unspecified atom stereocenters. The van der Waals surface area contributed by atoms with Crippen molar-refractivity contribution in [3.05, 3.63) is 29.8 Å². The molecule has 0 bridgehead atoms. The fourth-order valence-electron chi connectivity index (χ4n) is 1.99. The Morgan fingerprint density at radius 2 is 2.35 bits per heavy atom. The van der Waals surface area contributed by atoms with Crippen LogP contribution in [0.25, 0.3) is 11.5 Å². The molecule has 0 aromatic carbocycles. The average Bonchev–Trinajstić information content (AvgIpc) is 3.00. The van der Waals surface area contributed by atoms with E-state index in [-0.39, 0.29) is 6.04 Å². The summed E-state index contributed by atoms with van der Waals surface area (Å²) in [4.78, 5) is 8.63. The van der Waals surface area contributed by atoms with Crippen LogP contribution >= 0.6 is 0 Å². The number of hydrogen-bond acceptors (Lipinski definition) is 5. The number of hydrogen-bond donors (Lipinski definition) is 1. The maximum Gasteiger partial charge on any atom is 0.259 e. The van der Waals surface area contributed by atoms with Crippen LogP contribution in [0, 0.1) is 6.92 Å². The van der Waals surface area contributed by atoms with Crippen molar-refractivity contribution in [2.24, 2.45) is 0 Å². The highest BCUT2D eigenvalue weighted by atomic mass is 16.5. The first kappa shape index (κ1) is 10.4. The molecule has 1 atom stereocenters. The van der Waals surface area contributed by atoms with Crippen LogP contribution in [0.1, 0.15) is 30.4 Å². The van der Waals surface area contributed by atoms with E-state index in [0.29, 0.717) is 5.89 Å². The van der Waals surface area contributed by atoms with Crippen molar-refractivity contribution < 1.29 is 4.52 Å². The summed E-state index contributed by atoms with van der Waals surface area (Å²) in [5.41, 5.74) is 1.85. The Bertz CT molecular complexity index is 499. The SMILES string of the molecule is Cc1ccc(-c2nc(C3CCCN3)no2)cn1. The predicted octanol–water partition coefficient (Wildman–Crippen LogP) is 1.86. The van der Waals surface area contributed by atoms with Crippen LogP contribution in [0.4, 0.5) is 0 Å². The number of nitrogens with one attached hydrogen (secondary N) is 1. The van der Waals surface area contributed by atoms with Gasteiger partial charge in [0.1, 0.15) is 0 Å². The van der Waals surface area contributed by atoms with Gasteiger partial charge in [0.05, 0.1) is 11.6 Å². The second-order valence-electron chi connectivity index (χ2n) is 4.29. The third kappa shape index (κ3) is 2.06. The summed E-state index contributed by atoms with van der Waals surface area (Å²) in [6, 6.07) is 4.13. The zero-order valence-electron chi connectivity index (χ0n) is 9.68. The van der Waals surface area contributed by atoms with Gasteiger partial charge in [-0.3, -0.25) is 4.98 Å². The van der Waals surface area contributed by atoms with Crippen LogP contribution in [0.3, 0.4) is 0 Å². The molecule has 2 aromatic heterocycles. The molecule has 3 heterocycles. The molecule has 17 heavy (non-hydrogen) atoms. The van der Waals surface area contributed by atoms with Crippen LogP contribution in [0.5, 0.6) is 0 Å². The number of nitrogens with zero attached hydrogens (tertiary/aromatic N) is 3. The largest absolute Gasteiger partial charge is 0.334 e. The van der Waals surface area contributed by atoms with Crippen molar-refractivity contribution in [1.29, 1.82) is 0 Å². The molecule has 1 fully saturated rings. The summed E-state index contributed by atoms with van der Waals surface area (Å²) >= 11 is 0. The Morgan fingerprint density at radius 1 is 1.41 bits per heavy atom. The summed E-state index contributed by atoms with van der Waals surface area (Å²) in [6.07, 6.45) is 4.00. The lowest BCUT2D eigenvalue weighted by molar-refractivity contribution is 0.412. The van der Waals surface area contributed by atoms with Gasteiger partial charge in [-0.1, -0.05) is 5.16 Å². The van der Waals surface area contributed by atoms with E-state index in [1.54, 1.807) is 6.20 Å². The van der Waals surface area contributed by atoms with Gasteiger partial charge in [0.2, 0.25) is 0 Å². The lowest BCUT2D eigenvalue weighted by Crippen LogP contribution is -2.14. The molecule has 0 amide bonds. The highest BCUT2D eigenvalue weighted by Gasteiger charge is 2.21. The first-order chi connectivity index (χ1) is 8.33. The molecule has 0 radical (unpaired) electrons. The molecule has 1 saturated heterocycles. The standard InChI is InChI=1S/C12H14N4O/c1-8-4-5-9(7-14-8)12-15-11(16-17-12)10-3-2-6-13-10/h4-5,7,10,13H,2-3,6H2,1H3. The maximum atomic E-state index is 5.26. The van der Waals surface area contributed by atoms with Gasteiger partial charge in [0.15, 0.2) is 5.82 Å². The van der Waals surface area contributed by atoms with E-state index >= 15 is 0 Å². The van der Waals surface area contributed by atoms with E-state index in [1.165, 1.54) is 6.42 Å². The molecular formula is C12H14N4O. The molecule has 1 N–H and O–H groups in total. The van der Waals surface area contributed by atoms with Crippen molar-refractivity contribution >= 4 is 0 Å². The van der Waals surface area contributed by atoms with Gasteiger partial charge < -0.3 is 9.84 Å². The van der Waals surface area contributed by atoms with Gasteiger partial charge in [-0.25, -0.2) is 0 Å². The molecule has 88 valence electrons. The molecule has 5 nitrogen and oxygen atoms in total. The number of rotatable bonds is 2. The van der Waals surface area contributed by atoms with Crippen LogP contribution < -0.4 is 5.32 Å². The van der Waals surface area contributed by atoms with Crippen LogP contribution in [0.2, 0.25) is 0 Å². The minimum atomic E-state index is 0.242. The zero-order valence-corrected chi connectivity index (χ0v) is 9.68. The van der Waals surface area contributed by atoms with Crippen LogP contribution in [-0.4, -0.2) is 21.7 Å². The Labute approximate surface area is 99.3 Å². The highest BCUT2D eigenvalue weighted by Crippen LogP contribution is 2.23. The smallest absolute Gasteiger partial charge is 0.259 e. The Balaban J connectivity index is 1.86. The van der Waals surface area contributed by atoms with E-state index in [0.717, 1.165) is 30.0 Å². The molecule has 3 rings (SSSR count). The van der Waals surface area contributed by atoms with Crippen molar-refractivity contribution in [1.82, 2.24) is 20.4 Å². The minimum Gasteiger partial charge on any atom is -0.334 e. The normalized spacial score (nSPS) is 19.7. The second kappa shape index (κ2) is 4.25. The minimum absolute atomic E-state index is 0.242. The summed E-state index contributed by atoms with van der Waals surface area (Å²) in [5.74, 6) is 1.29. The second-order valence-corrected chi connectivity index (χ2v) is 4.29. The quantitative estimate of drug-likeness (QED) is 0.853. The van der Waals surface area contributed by atoms with Gasteiger partial charge in [-0.05, 0) is 38.4 Å². The Morgan fingerprint density at radius 3 is 3.06 bits per heavy atom. The van der Waals surface area contributed by atoms with E-state index in [9.17, 15) is 0 Å². The third-order valence-electron chi connectivity index (χ3n) is 2.97. The van der Waals surface area contributed by atoms with Crippen molar-refractivity contribution in [2.75, 3.05) is 6.54 Å². The molecule has 2 aromatic rings. The van der Waals surface area contributed by atoms with Gasteiger partial charge in [0.25, 0.3) is 5.89 Å². The predicted molar refractivity (Wildman–Crippen MR) is 62.2 cm³/mol. The first-order valence-corrected chi connectivity index (χ1v) is 5.83. The maximum absolute atomic E-state index is 5.26. The molecular weight excluding hydrogens is 216 g/mol. The number of aromatic nitrogens is 3. The fraction of sp³-hybridized carbons (Fsp3) is 0.417. The Hall–Kier alpha value is -1.75. The van der Waals surface area contributed by atoms with Crippen molar-refractivity contribution in [2.45, 2.75) is 25.8 Å². The molecule has 1 aliphatic rings. The van der Waals surface area contributed by atoms with Gasteiger partial charge in [0, 0.05) is 11.9 Å². The molecule has 1 aliphatic heterocycles. The topological polar surface area (TPSA) is 63.8 Å². The first-order valence-electron chi connectivity index (χ1n) is 5.83. The van der Waals surface area contributed by atoms with E-state index in [1.807, 2.05) is 19.1 Å². The van der Waals surface area contributed by atoms with E-state index in [2.05, 4.69) is 20.4 Å². The van der Waals surface area contributed by atoms with Gasteiger partial charge >= 0.3 is 0 Å². The number of pyridine rings is 1. The lowest BCUT2D eigenvalue weighted by atomic mass is 10.2. The van der Waals surface area contributed by atoms with E-state index < -0.39 is 0 Å². The monoisotopic (exact) mass is 230 g/mol. The lowest BCUT2D eigenvalue weighted by Gasteiger charge is -2.01. The van der Waals surface area contributed by atoms with Gasteiger partial charge in [-0.2, -0.15) is 4.98 Å². The number of aryl methyl sites for hydroxylation is 1. The zero-order chi connectivity index (χ0) is 11.7. The van der Waals surface area contributed by atoms with E-state index in [4.69, 9.17) is 4.52 Å². The summed E-state index contributed by atoms with van der Waals surface area (Å²) in [6.45, 7) is 2.98. The molecule has 5 heteroatoms. The highest BCUT2D eigenvalue weighted by molar-refractivity contribution is 5.50. The molecule has 0 aliphatic carbocycles. The molecule has 0 saturated carbocycles. The van der Waals surface area contributed by atoms with Crippen LogP contribution in [0.15, 0.2) is 22.9 Å². The van der Waals surface area contributed by atoms with Gasteiger partial charge in [-0.15, -0.1) is 0 Å². The Kier molecular flexibility index (Phi) is 2.60. The summed E-state index contributed by atoms with van der Waals surface area (Å²) < 4.78 is 5.26. The third-order valence-corrected chi connectivity index (χ3v) is 2.97. The van der Waals surface area contributed by atoms with Crippen molar-refractivity contribution in [3.8, 4) is 11.5 Å². The fourth-order valence-corrected chi connectivity index (χ4v) is 1.99. The summed E-state index contributed by atoms with van der Waals surface area (Å²) in [5, 5.41) is 7.37. The molecule has 0 spiro atoms. The summed E-state index contributed by atoms with van der Waals surface area (Å²) in [7, 11) is 0.